The quantitative estimate of drug-likeness (QED) is 0.116. The lowest BCUT2D eigenvalue weighted by atomic mass is 9.71. The number of rotatable bonds is 11. The molecular weight excluding hydrogens is 738 g/mol. The first-order valence-corrected chi connectivity index (χ1v) is 19.9. The fourth-order valence-electron chi connectivity index (χ4n) is 8.78. The molecular formula is C45H47ClF2N2O6. The highest BCUT2D eigenvalue weighted by atomic mass is 35.5. The Morgan fingerprint density at radius 1 is 0.768 bits per heavy atom. The van der Waals surface area contributed by atoms with E-state index < -0.39 is 52.6 Å². The average molecular weight is 785 g/mol. The summed E-state index contributed by atoms with van der Waals surface area (Å²) in [5, 5.41) is 7.13. The molecule has 3 saturated carbocycles. The molecule has 0 spiro atoms. The zero-order valence-corrected chi connectivity index (χ0v) is 32.5. The minimum Gasteiger partial charge on any atom is -0.490 e. The Balaban J connectivity index is 1.13. The van der Waals surface area contributed by atoms with Crippen LogP contribution in [-0.2, 0) is 20.2 Å². The number of amides is 2. The van der Waals surface area contributed by atoms with Crippen LogP contribution in [0.3, 0.4) is 0 Å². The van der Waals surface area contributed by atoms with Crippen molar-refractivity contribution in [2.24, 2.45) is 17.8 Å². The van der Waals surface area contributed by atoms with Crippen LogP contribution in [0.5, 0.6) is 5.75 Å². The van der Waals surface area contributed by atoms with Gasteiger partial charge in [0, 0.05) is 28.1 Å². The van der Waals surface area contributed by atoms with E-state index in [0.29, 0.717) is 41.7 Å². The van der Waals surface area contributed by atoms with Gasteiger partial charge in [-0.1, -0.05) is 66.2 Å². The van der Waals surface area contributed by atoms with E-state index in [2.05, 4.69) is 10.6 Å². The lowest BCUT2D eigenvalue weighted by Gasteiger charge is -2.38. The van der Waals surface area contributed by atoms with Gasteiger partial charge in [-0.25, -0.2) is 4.79 Å². The van der Waals surface area contributed by atoms with Crippen molar-refractivity contribution >= 4 is 45.9 Å². The van der Waals surface area contributed by atoms with E-state index in [1.807, 2.05) is 12.1 Å². The first-order chi connectivity index (χ1) is 26.6. The van der Waals surface area contributed by atoms with Gasteiger partial charge in [0.05, 0.1) is 6.10 Å². The van der Waals surface area contributed by atoms with E-state index in [9.17, 15) is 19.2 Å². The number of hydrogen-bond acceptors (Lipinski definition) is 6. The molecule has 2 amide bonds. The fourth-order valence-corrected chi connectivity index (χ4v) is 8.90. The van der Waals surface area contributed by atoms with Crippen LogP contribution in [0.4, 0.5) is 13.6 Å². The molecule has 3 fully saturated rings. The van der Waals surface area contributed by atoms with Gasteiger partial charge < -0.3 is 20.1 Å². The van der Waals surface area contributed by atoms with Crippen molar-refractivity contribution in [3.8, 4) is 16.9 Å². The van der Waals surface area contributed by atoms with Gasteiger partial charge >= 0.3 is 6.09 Å². The molecule has 8 nitrogen and oxygen atoms in total. The first kappa shape index (κ1) is 39.4. The van der Waals surface area contributed by atoms with E-state index in [1.54, 1.807) is 63.2 Å². The van der Waals surface area contributed by atoms with Crippen molar-refractivity contribution < 1.29 is 37.4 Å². The monoisotopic (exact) mass is 784 g/mol. The standard InChI is InChI=1S/C45H47ClF2N2O6/c1-44(2,3)56-43(54)49-35-23-30-9-10-31(24-35)38(30)40(52)41(45(47,48)33-17-12-26(13-18-33)27-14-19-34(46)20-15-27)50-42(53)39(51)32-11-8-29-25-37(21-16-28(29)22-32)55-36-6-4-5-7-36/h8,11-22,25,30-31,35-36,38,41H,4-7,9-10,23-24H2,1-3H3,(H,49,54)(H,50,53). The van der Waals surface area contributed by atoms with Crippen LogP contribution in [0.2, 0.25) is 5.02 Å². The van der Waals surface area contributed by atoms with Crippen LogP contribution in [0.1, 0.15) is 88.1 Å². The molecule has 11 heteroatoms. The van der Waals surface area contributed by atoms with E-state index in [-0.39, 0.29) is 29.5 Å². The van der Waals surface area contributed by atoms with Gasteiger partial charge in [-0.15, -0.1) is 0 Å². The van der Waals surface area contributed by atoms with Crippen LogP contribution in [0.25, 0.3) is 21.9 Å². The zero-order chi connectivity index (χ0) is 39.8. The Labute approximate surface area is 330 Å². The van der Waals surface area contributed by atoms with Crippen molar-refractivity contribution in [1.82, 2.24) is 10.6 Å². The summed E-state index contributed by atoms with van der Waals surface area (Å²) in [7, 11) is 0. The second-order valence-corrected chi connectivity index (χ2v) is 17.0. The second-order valence-electron chi connectivity index (χ2n) is 16.5. The third-order valence-electron chi connectivity index (χ3n) is 11.4. The molecule has 4 aromatic rings. The molecule has 3 aliphatic rings. The Hall–Kier alpha value is -4.83. The topological polar surface area (TPSA) is 111 Å². The van der Waals surface area contributed by atoms with Gasteiger partial charge in [-0.3, -0.25) is 14.4 Å². The molecule has 0 radical (unpaired) electrons. The summed E-state index contributed by atoms with van der Waals surface area (Å²) in [6.45, 7) is 5.29. The number of benzene rings is 4. The molecule has 2 N–H and O–H groups in total. The van der Waals surface area contributed by atoms with E-state index >= 15 is 8.78 Å². The van der Waals surface area contributed by atoms with Crippen LogP contribution < -0.4 is 15.4 Å². The summed E-state index contributed by atoms with van der Waals surface area (Å²) >= 11 is 6.03. The molecule has 3 unspecified atom stereocenters. The first-order valence-electron chi connectivity index (χ1n) is 19.5. The van der Waals surface area contributed by atoms with Gasteiger partial charge in [0.15, 0.2) is 11.8 Å². The Morgan fingerprint density at radius 2 is 1.36 bits per heavy atom. The number of hydrogen-bond donors (Lipinski definition) is 2. The number of fused-ring (bicyclic) bond motifs is 3. The lowest BCUT2D eigenvalue weighted by molar-refractivity contribution is -0.144. The second kappa shape index (κ2) is 16.0. The van der Waals surface area contributed by atoms with Crippen LogP contribution >= 0.6 is 11.6 Å². The van der Waals surface area contributed by atoms with Crippen molar-refractivity contribution in [2.45, 2.75) is 102 Å². The molecule has 0 aromatic heterocycles. The highest BCUT2D eigenvalue weighted by Crippen LogP contribution is 2.49. The summed E-state index contributed by atoms with van der Waals surface area (Å²) in [5.74, 6) is -7.72. The van der Waals surface area contributed by atoms with Gasteiger partial charge in [-0.05, 0) is 136 Å². The number of alkyl carbamates (subject to hydrolysis) is 1. The summed E-state index contributed by atoms with van der Waals surface area (Å²) in [6, 6.07) is 20.1. The molecule has 7 rings (SSSR count). The van der Waals surface area contributed by atoms with Crippen molar-refractivity contribution in [2.75, 3.05) is 0 Å². The number of halogens is 3. The molecule has 56 heavy (non-hydrogen) atoms. The fraction of sp³-hybridized carbons (Fsp3) is 0.422. The van der Waals surface area contributed by atoms with E-state index in [4.69, 9.17) is 21.1 Å². The summed E-state index contributed by atoms with van der Waals surface area (Å²) in [4.78, 5) is 54.4. The highest BCUT2D eigenvalue weighted by molar-refractivity contribution is 6.43. The zero-order valence-electron chi connectivity index (χ0n) is 31.8. The van der Waals surface area contributed by atoms with Gasteiger partial charge in [0.2, 0.25) is 5.78 Å². The molecule has 2 bridgehead atoms. The van der Waals surface area contributed by atoms with Gasteiger partial charge in [-0.2, -0.15) is 8.78 Å². The molecule has 294 valence electrons. The smallest absolute Gasteiger partial charge is 0.407 e. The molecule has 0 heterocycles. The third-order valence-corrected chi connectivity index (χ3v) is 11.7. The number of ether oxygens (including phenoxy) is 2. The highest BCUT2D eigenvalue weighted by Gasteiger charge is 2.55. The summed E-state index contributed by atoms with van der Waals surface area (Å²) < 4.78 is 45.3. The lowest BCUT2D eigenvalue weighted by Crippen LogP contribution is -2.56. The van der Waals surface area contributed by atoms with Crippen molar-refractivity contribution in [3.05, 3.63) is 101 Å². The van der Waals surface area contributed by atoms with E-state index in [0.717, 1.165) is 42.4 Å². The number of alkyl halides is 2. The van der Waals surface area contributed by atoms with Crippen LogP contribution in [0.15, 0.2) is 84.9 Å². The SMILES string of the molecule is CC(C)(C)OC(=O)NC1CC2CCC(C1)C2C(=O)C(NC(=O)C(=O)c1ccc2cc(OC3CCCC3)ccc2c1)C(F)(F)c1ccc(-c2ccc(Cl)cc2)cc1. The number of carbonyl (C=O) groups is 4. The third kappa shape index (κ3) is 8.75. The van der Waals surface area contributed by atoms with Crippen molar-refractivity contribution in [3.63, 3.8) is 0 Å². The Bertz CT molecular complexity index is 2100. The Morgan fingerprint density at radius 3 is 1.98 bits per heavy atom. The van der Waals surface area contributed by atoms with Crippen LogP contribution in [0, 0.1) is 17.8 Å². The predicted molar refractivity (Wildman–Crippen MR) is 211 cm³/mol. The summed E-state index contributed by atoms with van der Waals surface area (Å²) in [5.41, 5.74) is 0.255. The van der Waals surface area contributed by atoms with Crippen molar-refractivity contribution in [1.29, 1.82) is 0 Å². The number of carbonyl (C=O) groups excluding carboxylic acids is 4. The number of nitrogens with one attached hydrogen (secondary N) is 2. The molecule has 0 saturated heterocycles. The number of ketones is 2. The molecule has 3 aliphatic carbocycles. The average Bonchev–Trinajstić information content (AvgIpc) is 3.77. The predicted octanol–water partition coefficient (Wildman–Crippen LogP) is 9.84. The van der Waals surface area contributed by atoms with E-state index in [1.165, 1.54) is 30.3 Å². The minimum absolute atomic E-state index is 0.00934. The summed E-state index contributed by atoms with van der Waals surface area (Å²) in [6.07, 6.45) is 5.90. The maximum Gasteiger partial charge on any atom is 0.407 e. The molecule has 0 aliphatic heterocycles. The van der Waals surface area contributed by atoms with Gasteiger partial charge in [0.1, 0.15) is 11.4 Å². The molecule has 4 aromatic carbocycles. The van der Waals surface area contributed by atoms with Gasteiger partial charge in [0.25, 0.3) is 11.8 Å². The number of Topliss-reactive ketones (excluding diaryl/α,β-unsaturated/α-hetero) is 2. The maximum atomic E-state index is 16.9. The molecule has 3 atom stereocenters. The largest absolute Gasteiger partial charge is 0.490 e. The van der Waals surface area contributed by atoms with Crippen LogP contribution in [-0.4, -0.2) is 47.4 Å². The minimum atomic E-state index is -3.88. The normalized spacial score (nSPS) is 21.7. The maximum absolute atomic E-state index is 16.9. The Kier molecular flexibility index (Phi) is 11.2.